The zero-order valence-corrected chi connectivity index (χ0v) is 10.2. The van der Waals surface area contributed by atoms with E-state index in [1.165, 1.54) is 6.42 Å². The van der Waals surface area contributed by atoms with Crippen LogP contribution in [-0.2, 0) is 0 Å². The van der Waals surface area contributed by atoms with Gasteiger partial charge in [0, 0.05) is 30.1 Å². The molecule has 1 aromatic carbocycles. The van der Waals surface area contributed by atoms with Crippen molar-refractivity contribution in [1.82, 2.24) is 0 Å². The smallest absolute Gasteiger partial charge is 0.122 e. The largest absolute Gasteiger partial charge is 0.497 e. The molecule has 1 aliphatic heterocycles. The Morgan fingerprint density at radius 1 is 1.41 bits per heavy atom. The van der Waals surface area contributed by atoms with E-state index < -0.39 is 0 Å². The van der Waals surface area contributed by atoms with Gasteiger partial charge in [-0.3, -0.25) is 0 Å². The molecule has 17 heavy (non-hydrogen) atoms. The number of aliphatic hydroxyl groups excluding tert-OH is 1. The van der Waals surface area contributed by atoms with Gasteiger partial charge in [-0.25, -0.2) is 0 Å². The van der Waals surface area contributed by atoms with Crippen molar-refractivity contribution in [3.05, 3.63) is 18.2 Å². The maximum atomic E-state index is 9.41. The lowest BCUT2D eigenvalue weighted by Gasteiger charge is -2.36. The van der Waals surface area contributed by atoms with Gasteiger partial charge in [0.15, 0.2) is 0 Å². The van der Waals surface area contributed by atoms with Crippen LogP contribution >= 0.6 is 0 Å². The summed E-state index contributed by atoms with van der Waals surface area (Å²) in [5.74, 6) is 0.766. The van der Waals surface area contributed by atoms with Gasteiger partial charge in [-0.1, -0.05) is 0 Å². The van der Waals surface area contributed by atoms with Crippen molar-refractivity contribution >= 4 is 11.4 Å². The third-order valence-electron chi connectivity index (χ3n) is 3.32. The Hall–Kier alpha value is -1.42. The average molecular weight is 236 g/mol. The average Bonchev–Trinajstić information content (AvgIpc) is 2.37. The summed E-state index contributed by atoms with van der Waals surface area (Å²) in [5, 5.41) is 9.41. The SMILES string of the molecule is COc1cc(N)cc(N2CCCCC2CO)c1. The molecule has 4 nitrogen and oxygen atoms in total. The number of nitrogen functional groups attached to an aromatic ring is 1. The molecule has 94 valence electrons. The Kier molecular flexibility index (Phi) is 3.74. The van der Waals surface area contributed by atoms with Crippen LogP contribution < -0.4 is 15.4 Å². The summed E-state index contributed by atoms with van der Waals surface area (Å²) in [6.45, 7) is 1.16. The summed E-state index contributed by atoms with van der Waals surface area (Å²) in [5.41, 5.74) is 7.60. The number of aliphatic hydroxyl groups is 1. The molecule has 3 N–H and O–H groups in total. The van der Waals surface area contributed by atoms with Gasteiger partial charge in [0.2, 0.25) is 0 Å². The predicted octanol–water partition coefficient (Wildman–Crippen LogP) is 1.63. The number of hydrogen-bond donors (Lipinski definition) is 2. The van der Waals surface area contributed by atoms with Gasteiger partial charge in [0.25, 0.3) is 0 Å². The number of ether oxygens (including phenoxy) is 1. The number of benzene rings is 1. The van der Waals surface area contributed by atoms with Crippen molar-refractivity contribution in [2.24, 2.45) is 0 Å². The maximum Gasteiger partial charge on any atom is 0.122 e. The molecule has 0 spiro atoms. The second-order valence-corrected chi connectivity index (χ2v) is 4.49. The maximum absolute atomic E-state index is 9.41. The quantitative estimate of drug-likeness (QED) is 0.783. The summed E-state index contributed by atoms with van der Waals surface area (Å²) >= 11 is 0. The van der Waals surface area contributed by atoms with Crippen LogP contribution in [0.3, 0.4) is 0 Å². The number of rotatable bonds is 3. The summed E-state index contributed by atoms with van der Waals surface area (Å²) in [6.07, 6.45) is 3.38. The van der Waals surface area contributed by atoms with Gasteiger partial charge >= 0.3 is 0 Å². The molecule has 1 unspecified atom stereocenters. The minimum absolute atomic E-state index is 0.192. The molecule has 1 aliphatic rings. The Balaban J connectivity index is 2.27. The molecule has 1 atom stereocenters. The van der Waals surface area contributed by atoms with Crippen LogP contribution in [-0.4, -0.2) is 31.4 Å². The zero-order chi connectivity index (χ0) is 12.3. The van der Waals surface area contributed by atoms with Crippen LogP contribution in [0.1, 0.15) is 19.3 Å². The Labute approximate surface area is 102 Å². The van der Waals surface area contributed by atoms with Gasteiger partial charge in [0.05, 0.1) is 19.8 Å². The van der Waals surface area contributed by atoms with E-state index in [1.54, 1.807) is 13.2 Å². The molecule has 1 aromatic rings. The van der Waals surface area contributed by atoms with Crippen LogP contribution in [0.2, 0.25) is 0 Å². The molecule has 4 heteroatoms. The molecule has 0 bridgehead atoms. The van der Waals surface area contributed by atoms with Gasteiger partial charge < -0.3 is 20.5 Å². The van der Waals surface area contributed by atoms with Crippen molar-refractivity contribution in [3.8, 4) is 5.75 Å². The van der Waals surface area contributed by atoms with E-state index in [0.29, 0.717) is 5.69 Å². The summed E-state index contributed by atoms with van der Waals surface area (Å²) in [7, 11) is 1.64. The fourth-order valence-corrected chi connectivity index (χ4v) is 2.42. The monoisotopic (exact) mass is 236 g/mol. The highest BCUT2D eigenvalue weighted by atomic mass is 16.5. The molecule has 1 saturated heterocycles. The Morgan fingerprint density at radius 2 is 2.24 bits per heavy atom. The number of methoxy groups -OCH3 is 1. The van der Waals surface area contributed by atoms with Crippen LogP contribution in [0.25, 0.3) is 0 Å². The third kappa shape index (κ3) is 2.64. The molecule has 0 radical (unpaired) electrons. The van der Waals surface area contributed by atoms with Crippen molar-refractivity contribution in [3.63, 3.8) is 0 Å². The number of nitrogens with zero attached hydrogens (tertiary/aromatic N) is 1. The lowest BCUT2D eigenvalue weighted by atomic mass is 10.0. The predicted molar refractivity (Wildman–Crippen MR) is 69.5 cm³/mol. The zero-order valence-electron chi connectivity index (χ0n) is 10.2. The lowest BCUT2D eigenvalue weighted by Crippen LogP contribution is -2.41. The Bertz CT molecular complexity index is 382. The van der Waals surface area contributed by atoms with Crippen molar-refractivity contribution < 1.29 is 9.84 Å². The highest BCUT2D eigenvalue weighted by molar-refractivity contribution is 5.61. The van der Waals surface area contributed by atoms with E-state index in [1.807, 2.05) is 12.1 Å². The molecule has 0 aliphatic carbocycles. The Morgan fingerprint density at radius 3 is 2.94 bits per heavy atom. The van der Waals surface area contributed by atoms with Crippen LogP contribution in [0, 0.1) is 0 Å². The lowest BCUT2D eigenvalue weighted by molar-refractivity contribution is 0.240. The molecular formula is C13H20N2O2. The van der Waals surface area contributed by atoms with E-state index in [4.69, 9.17) is 10.5 Å². The summed E-state index contributed by atoms with van der Waals surface area (Å²) < 4.78 is 5.23. The normalized spacial score (nSPS) is 20.4. The molecule has 1 fully saturated rings. The summed E-state index contributed by atoms with van der Waals surface area (Å²) in [4.78, 5) is 2.22. The molecule has 0 amide bonds. The fourth-order valence-electron chi connectivity index (χ4n) is 2.42. The standard InChI is InChI=1S/C13H20N2O2/c1-17-13-7-10(14)6-12(8-13)15-5-3-2-4-11(15)9-16/h6-8,11,16H,2-5,9,14H2,1H3. The second kappa shape index (κ2) is 5.27. The minimum atomic E-state index is 0.192. The molecular weight excluding hydrogens is 216 g/mol. The molecule has 0 aromatic heterocycles. The first-order chi connectivity index (χ1) is 8.24. The van der Waals surface area contributed by atoms with E-state index in [9.17, 15) is 5.11 Å². The first-order valence-corrected chi connectivity index (χ1v) is 6.06. The number of piperidine rings is 1. The second-order valence-electron chi connectivity index (χ2n) is 4.49. The van der Waals surface area contributed by atoms with E-state index in [2.05, 4.69) is 4.90 Å². The van der Waals surface area contributed by atoms with Crippen molar-refractivity contribution in [1.29, 1.82) is 0 Å². The highest BCUT2D eigenvalue weighted by Gasteiger charge is 2.22. The number of anilines is 2. The van der Waals surface area contributed by atoms with Crippen LogP contribution in [0.5, 0.6) is 5.75 Å². The van der Waals surface area contributed by atoms with Gasteiger partial charge in [0.1, 0.15) is 5.75 Å². The minimum Gasteiger partial charge on any atom is -0.497 e. The van der Waals surface area contributed by atoms with Crippen molar-refractivity contribution in [2.75, 3.05) is 30.9 Å². The molecule has 1 heterocycles. The van der Waals surface area contributed by atoms with Gasteiger partial charge in [-0.05, 0) is 25.3 Å². The topological polar surface area (TPSA) is 58.7 Å². The number of hydrogen-bond acceptors (Lipinski definition) is 4. The summed E-state index contributed by atoms with van der Waals surface area (Å²) in [6, 6.07) is 5.93. The van der Waals surface area contributed by atoms with Gasteiger partial charge in [-0.15, -0.1) is 0 Å². The number of nitrogens with two attached hydrogens (primary N) is 1. The molecule has 2 rings (SSSR count). The third-order valence-corrected chi connectivity index (χ3v) is 3.32. The van der Waals surface area contributed by atoms with Crippen LogP contribution in [0.4, 0.5) is 11.4 Å². The van der Waals surface area contributed by atoms with E-state index in [-0.39, 0.29) is 12.6 Å². The molecule has 0 saturated carbocycles. The van der Waals surface area contributed by atoms with Crippen molar-refractivity contribution in [2.45, 2.75) is 25.3 Å². The fraction of sp³-hybridized carbons (Fsp3) is 0.538. The highest BCUT2D eigenvalue weighted by Crippen LogP contribution is 2.30. The first-order valence-electron chi connectivity index (χ1n) is 6.06. The van der Waals surface area contributed by atoms with Gasteiger partial charge in [-0.2, -0.15) is 0 Å². The van der Waals surface area contributed by atoms with Crippen LogP contribution in [0.15, 0.2) is 18.2 Å². The first kappa shape index (κ1) is 12.0. The van der Waals surface area contributed by atoms with E-state index >= 15 is 0 Å². The van der Waals surface area contributed by atoms with E-state index in [0.717, 1.165) is 30.8 Å².